The van der Waals surface area contributed by atoms with Crippen molar-refractivity contribution < 1.29 is 9.57 Å². The van der Waals surface area contributed by atoms with Crippen molar-refractivity contribution in [3.63, 3.8) is 0 Å². The molecule has 0 unspecified atom stereocenters. The van der Waals surface area contributed by atoms with Gasteiger partial charge in [0.1, 0.15) is 7.11 Å². The summed E-state index contributed by atoms with van der Waals surface area (Å²) in [6, 6.07) is 31.4. The molecule has 0 amide bonds. The zero-order chi connectivity index (χ0) is 17.8. The SMILES string of the molecule is CO[n+]1c(C=Cc2ccc(-c3ccccc3)cc2)ccc2ccccc21. The van der Waals surface area contributed by atoms with Crippen molar-refractivity contribution in [3.05, 3.63) is 102 Å². The van der Waals surface area contributed by atoms with Gasteiger partial charge in [0.25, 0.3) is 11.2 Å². The Bertz CT molecular complexity index is 1050. The molecule has 4 rings (SSSR count). The van der Waals surface area contributed by atoms with Crippen LogP contribution in [0, 0.1) is 0 Å². The number of para-hydroxylation sites is 1. The van der Waals surface area contributed by atoms with Crippen LogP contribution in [-0.2, 0) is 0 Å². The van der Waals surface area contributed by atoms with E-state index in [2.05, 4.69) is 84.9 Å². The van der Waals surface area contributed by atoms with Crippen molar-refractivity contribution in [2.24, 2.45) is 0 Å². The highest BCUT2D eigenvalue weighted by Crippen LogP contribution is 2.20. The lowest BCUT2D eigenvalue weighted by Crippen LogP contribution is -2.44. The Morgan fingerprint density at radius 2 is 1.35 bits per heavy atom. The Morgan fingerprint density at radius 1 is 0.654 bits per heavy atom. The largest absolute Gasteiger partial charge is 0.273 e. The molecular formula is C24H20NO+. The molecule has 2 nitrogen and oxygen atoms in total. The average molecular weight is 338 g/mol. The molecule has 0 atom stereocenters. The molecule has 0 aliphatic carbocycles. The first-order chi connectivity index (χ1) is 12.8. The van der Waals surface area contributed by atoms with Gasteiger partial charge >= 0.3 is 0 Å². The van der Waals surface area contributed by atoms with Gasteiger partial charge < -0.3 is 0 Å². The Balaban J connectivity index is 1.63. The molecule has 2 heteroatoms. The van der Waals surface area contributed by atoms with Gasteiger partial charge in [-0.05, 0) is 34.9 Å². The van der Waals surface area contributed by atoms with E-state index in [9.17, 15) is 0 Å². The highest BCUT2D eigenvalue weighted by atomic mass is 16.6. The van der Waals surface area contributed by atoms with Crippen molar-refractivity contribution in [1.82, 2.24) is 0 Å². The lowest BCUT2D eigenvalue weighted by Gasteiger charge is -2.02. The summed E-state index contributed by atoms with van der Waals surface area (Å²) in [6.45, 7) is 0. The van der Waals surface area contributed by atoms with Gasteiger partial charge in [-0.3, -0.25) is 4.84 Å². The molecule has 1 heterocycles. The van der Waals surface area contributed by atoms with Gasteiger partial charge in [-0.15, -0.1) is 0 Å². The van der Waals surface area contributed by atoms with Crippen LogP contribution < -0.4 is 9.57 Å². The molecule has 26 heavy (non-hydrogen) atoms. The highest BCUT2D eigenvalue weighted by molar-refractivity contribution is 5.77. The fourth-order valence-corrected chi connectivity index (χ4v) is 3.12. The Kier molecular flexibility index (Phi) is 4.48. The maximum atomic E-state index is 5.59. The molecule has 0 saturated carbocycles. The standard InChI is InChI=1S/C24H20NO/c1-26-25-23(18-16-22-9-5-6-10-24(22)25)17-13-19-11-14-21(15-12-19)20-7-3-2-4-8-20/h2-18H,1H3/q+1. The summed E-state index contributed by atoms with van der Waals surface area (Å²) in [5, 5.41) is 1.15. The van der Waals surface area contributed by atoms with Gasteiger partial charge in [0.05, 0.1) is 5.39 Å². The van der Waals surface area contributed by atoms with Crippen LogP contribution in [0.1, 0.15) is 11.3 Å². The van der Waals surface area contributed by atoms with Crippen molar-refractivity contribution in [2.75, 3.05) is 7.11 Å². The molecule has 4 aromatic rings. The number of aromatic nitrogens is 1. The summed E-state index contributed by atoms with van der Waals surface area (Å²) < 4.78 is 1.85. The van der Waals surface area contributed by atoms with Crippen molar-refractivity contribution in [2.45, 2.75) is 0 Å². The number of fused-ring (bicyclic) bond motifs is 1. The Morgan fingerprint density at radius 3 is 2.12 bits per heavy atom. The second kappa shape index (κ2) is 7.24. The molecular weight excluding hydrogens is 318 g/mol. The lowest BCUT2D eigenvalue weighted by molar-refractivity contribution is -0.866. The second-order valence-electron chi connectivity index (χ2n) is 6.12. The van der Waals surface area contributed by atoms with Crippen molar-refractivity contribution in [3.8, 4) is 11.1 Å². The number of pyridine rings is 1. The van der Waals surface area contributed by atoms with E-state index in [-0.39, 0.29) is 0 Å². The smallest absolute Gasteiger partial charge is 0.265 e. The summed E-state index contributed by atoms with van der Waals surface area (Å²) in [5.41, 5.74) is 5.66. The first-order valence-electron chi connectivity index (χ1n) is 8.67. The molecule has 0 aliphatic rings. The molecule has 0 radical (unpaired) electrons. The topological polar surface area (TPSA) is 13.1 Å². The minimum Gasteiger partial charge on any atom is -0.273 e. The van der Waals surface area contributed by atoms with Crippen LogP contribution in [0.2, 0.25) is 0 Å². The molecule has 1 aromatic heterocycles. The minimum atomic E-state index is 0.998. The van der Waals surface area contributed by atoms with Crippen molar-refractivity contribution in [1.29, 1.82) is 0 Å². The molecule has 3 aromatic carbocycles. The van der Waals surface area contributed by atoms with Crippen LogP contribution in [0.3, 0.4) is 0 Å². The molecule has 0 saturated heterocycles. The van der Waals surface area contributed by atoms with Crippen LogP contribution >= 0.6 is 0 Å². The molecule has 0 aliphatic heterocycles. The first kappa shape index (κ1) is 16.1. The number of hydrogen-bond donors (Lipinski definition) is 0. The summed E-state index contributed by atoms with van der Waals surface area (Å²) in [7, 11) is 1.69. The Hall–Kier alpha value is -3.39. The van der Waals surface area contributed by atoms with E-state index >= 15 is 0 Å². The van der Waals surface area contributed by atoms with E-state index in [1.54, 1.807) is 7.11 Å². The van der Waals surface area contributed by atoms with Gasteiger partial charge in [0.2, 0.25) is 0 Å². The van der Waals surface area contributed by atoms with E-state index in [1.165, 1.54) is 11.1 Å². The monoisotopic (exact) mass is 338 g/mol. The number of hydrogen-bond acceptors (Lipinski definition) is 1. The van der Waals surface area contributed by atoms with Gasteiger partial charge in [0, 0.05) is 22.9 Å². The van der Waals surface area contributed by atoms with E-state index in [0.717, 1.165) is 22.2 Å². The summed E-state index contributed by atoms with van der Waals surface area (Å²) in [6.07, 6.45) is 4.18. The molecule has 126 valence electrons. The minimum absolute atomic E-state index is 0.998. The average Bonchev–Trinajstić information content (AvgIpc) is 2.72. The number of benzene rings is 3. The predicted molar refractivity (Wildman–Crippen MR) is 107 cm³/mol. The van der Waals surface area contributed by atoms with Gasteiger partial charge in [-0.2, -0.15) is 0 Å². The fourth-order valence-electron chi connectivity index (χ4n) is 3.12. The zero-order valence-electron chi connectivity index (χ0n) is 14.7. The summed E-state index contributed by atoms with van der Waals surface area (Å²) in [4.78, 5) is 5.59. The number of nitrogens with zero attached hydrogens (tertiary/aromatic N) is 1. The highest BCUT2D eigenvalue weighted by Gasteiger charge is 2.14. The predicted octanol–water partition coefficient (Wildman–Crippen LogP) is 5.02. The van der Waals surface area contributed by atoms with Crippen LogP contribution in [0.4, 0.5) is 0 Å². The van der Waals surface area contributed by atoms with Crippen LogP contribution in [0.25, 0.3) is 34.2 Å². The Labute approximate surface area is 153 Å². The molecule has 0 bridgehead atoms. The summed E-state index contributed by atoms with van der Waals surface area (Å²) in [5.74, 6) is 0. The van der Waals surface area contributed by atoms with Crippen LogP contribution in [0.15, 0.2) is 91.0 Å². The van der Waals surface area contributed by atoms with Crippen LogP contribution in [0.5, 0.6) is 0 Å². The maximum absolute atomic E-state index is 5.59. The second-order valence-corrected chi connectivity index (χ2v) is 6.12. The third-order valence-corrected chi connectivity index (χ3v) is 4.47. The van der Waals surface area contributed by atoms with E-state index in [4.69, 9.17) is 4.84 Å². The van der Waals surface area contributed by atoms with E-state index < -0.39 is 0 Å². The third-order valence-electron chi connectivity index (χ3n) is 4.47. The number of rotatable bonds is 4. The molecule has 0 spiro atoms. The first-order valence-corrected chi connectivity index (χ1v) is 8.67. The van der Waals surface area contributed by atoms with Crippen molar-refractivity contribution >= 4 is 23.1 Å². The van der Waals surface area contributed by atoms with Gasteiger partial charge in [-0.25, -0.2) is 0 Å². The zero-order valence-corrected chi connectivity index (χ0v) is 14.7. The summed E-state index contributed by atoms with van der Waals surface area (Å²) >= 11 is 0. The maximum Gasteiger partial charge on any atom is 0.265 e. The normalized spacial score (nSPS) is 11.1. The fraction of sp³-hybridized carbons (Fsp3) is 0.0417. The van der Waals surface area contributed by atoms with Gasteiger partial charge in [-0.1, -0.05) is 66.7 Å². The van der Waals surface area contributed by atoms with Gasteiger partial charge in [0.15, 0.2) is 0 Å². The quantitative estimate of drug-likeness (QED) is 0.476. The third kappa shape index (κ3) is 3.22. The van der Waals surface area contributed by atoms with E-state index in [1.807, 2.05) is 22.9 Å². The molecule has 0 N–H and O–H groups in total. The molecule has 0 fully saturated rings. The lowest BCUT2D eigenvalue weighted by atomic mass is 10.0. The van der Waals surface area contributed by atoms with Crippen LogP contribution in [-0.4, -0.2) is 7.11 Å². The van der Waals surface area contributed by atoms with E-state index in [0.29, 0.717) is 0 Å².